The number of carbonyl (C=O) groups excluding carboxylic acids is 1. The summed E-state index contributed by atoms with van der Waals surface area (Å²) >= 11 is 0. The predicted octanol–water partition coefficient (Wildman–Crippen LogP) is 7.46. The van der Waals surface area contributed by atoms with Crippen molar-refractivity contribution in [3.63, 3.8) is 0 Å². The summed E-state index contributed by atoms with van der Waals surface area (Å²) in [5.74, 6) is 1.24. The molecule has 6 nitrogen and oxygen atoms in total. The van der Waals surface area contributed by atoms with Crippen LogP contribution < -0.4 is 4.90 Å². The summed E-state index contributed by atoms with van der Waals surface area (Å²) in [4.78, 5) is 25.2. The lowest BCUT2D eigenvalue weighted by molar-refractivity contribution is -0.127. The van der Waals surface area contributed by atoms with E-state index in [0.717, 1.165) is 91.1 Å². The van der Waals surface area contributed by atoms with Gasteiger partial charge in [-0.3, -0.25) is 9.69 Å². The number of halogens is 1. The third-order valence-corrected chi connectivity index (χ3v) is 10.5. The molecule has 1 amide bonds. The first-order chi connectivity index (χ1) is 22.4. The van der Waals surface area contributed by atoms with Gasteiger partial charge in [-0.25, -0.2) is 9.37 Å². The van der Waals surface area contributed by atoms with E-state index in [1.165, 1.54) is 11.1 Å². The van der Waals surface area contributed by atoms with Crippen LogP contribution in [0.25, 0.3) is 22.2 Å². The third-order valence-electron chi connectivity index (χ3n) is 10.5. The molecule has 1 saturated carbocycles. The van der Waals surface area contributed by atoms with Gasteiger partial charge in [-0.2, -0.15) is 0 Å². The van der Waals surface area contributed by atoms with Crippen LogP contribution in [0.15, 0.2) is 102 Å². The van der Waals surface area contributed by atoms with Crippen LogP contribution >= 0.6 is 0 Å². The summed E-state index contributed by atoms with van der Waals surface area (Å²) in [6, 6.07) is 22.3. The van der Waals surface area contributed by atoms with Crippen LogP contribution in [0.3, 0.4) is 0 Å². The van der Waals surface area contributed by atoms with E-state index in [2.05, 4.69) is 51.3 Å². The number of benzene rings is 3. The topological polar surface area (TPSA) is 44.6 Å². The van der Waals surface area contributed by atoms with Crippen molar-refractivity contribution >= 4 is 22.6 Å². The SMILES string of the molecule is C=C/C(=C1\C(=C/C)C(=O)N(C)C2CC1n1c2nc2ccc(-c3ccc(N4CCN(Cc5ccccc5)CC4)c(F)c3)cc21)C1CC1. The van der Waals surface area contributed by atoms with Gasteiger partial charge in [-0.05, 0) is 77.8 Å². The molecular formula is C39H40FN5O. The number of anilines is 1. The highest BCUT2D eigenvalue weighted by Crippen LogP contribution is 2.52. The molecule has 234 valence electrons. The number of imidazole rings is 1. The molecule has 1 aromatic heterocycles. The van der Waals surface area contributed by atoms with Crippen molar-refractivity contribution in [1.82, 2.24) is 19.4 Å². The van der Waals surface area contributed by atoms with E-state index in [1.807, 2.05) is 61.4 Å². The first-order valence-corrected chi connectivity index (χ1v) is 16.6. The number of hydrogen-bond acceptors (Lipinski definition) is 4. The van der Waals surface area contributed by atoms with Gasteiger partial charge in [0.15, 0.2) is 0 Å². The van der Waals surface area contributed by atoms with Crippen molar-refractivity contribution < 1.29 is 9.18 Å². The quantitative estimate of drug-likeness (QED) is 0.212. The van der Waals surface area contributed by atoms with Crippen molar-refractivity contribution in [2.45, 2.75) is 44.8 Å². The molecule has 2 atom stereocenters. The maximum absolute atomic E-state index is 15.7. The Labute approximate surface area is 270 Å². The van der Waals surface area contributed by atoms with E-state index in [4.69, 9.17) is 4.98 Å². The minimum Gasteiger partial charge on any atom is -0.367 e. The van der Waals surface area contributed by atoms with Crippen LogP contribution in [0.2, 0.25) is 0 Å². The highest BCUT2D eigenvalue weighted by Gasteiger charge is 2.46. The predicted molar refractivity (Wildman–Crippen MR) is 182 cm³/mol. The van der Waals surface area contributed by atoms with Crippen LogP contribution in [-0.2, 0) is 11.3 Å². The number of aromatic nitrogens is 2. The number of likely N-dealkylation sites (N-methyl/N-ethyl adjacent to an activating group) is 1. The maximum Gasteiger partial charge on any atom is 0.254 e. The summed E-state index contributed by atoms with van der Waals surface area (Å²) < 4.78 is 18.1. The van der Waals surface area contributed by atoms with Gasteiger partial charge in [-0.1, -0.05) is 61.2 Å². The van der Waals surface area contributed by atoms with E-state index >= 15 is 4.39 Å². The van der Waals surface area contributed by atoms with Crippen LogP contribution in [0.1, 0.15) is 49.7 Å². The Kier molecular flexibility index (Phi) is 7.17. The molecule has 46 heavy (non-hydrogen) atoms. The van der Waals surface area contributed by atoms with Gasteiger partial charge in [-0.15, -0.1) is 0 Å². The number of amides is 1. The zero-order valence-corrected chi connectivity index (χ0v) is 26.6. The molecular weight excluding hydrogens is 573 g/mol. The normalized spacial score (nSPS) is 23.6. The van der Waals surface area contributed by atoms with Crippen LogP contribution in [-0.4, -0.2) is 58.5 Å². The summed E-state index contributed by atoms with van der Waals surface area (Å²) in [7, 11) is 1.90. The van der Waals surface area contributed by atoms with Crippen LogP contribution in [0.4, 0.5) is 10.1 Å². The molecule has 3 aromatic carbocycles. The Morgan fingerprint density at radius 1 is 0.978 bits per heavy atom. The van der Waals surface area contributed by atoms with Crippen LogP contribution in [0.5, 0.6) is 0 Å². The highest BCUT2D eigenvalue weighted by atomic mass is 19.1. The average Bonchev–Trinajstić information content (AvgIpc) is 3.77. The van der Waals surface area contributed by atoms with Crippen molar-refractivity contribution in [2.75, 3.05) is 38.1 Å². The van der Waals surface area contributed by atoms with E-state index < -0.39 is 0 Å². The molecule has 8 rings (SSSR count). The van der Waals surface area contributed by atoms with E-state index in [9.17, 15) is 4.79 Å². The molecule has 4 aliphatic rings. The number of likely N-dealkylation sites (tertiary alicyclic amines) is 1. The Morgan fingerprint density at radius 2 is 1.72 bits per heavy atom. The van der Waals surface area contributed by atoms with Gasteiger partial charge < -0.3 is 14.4 Å². The lowest BCUT2D eigenvalue weighted by atomic mass is 9.89. The molecule has 3 fully saturated rings. The molecule has 2 unspecified atom stereocenters. The number of rotatable bonds is 6. The zero-order valence-electron chi connectivity index (χ0n) is 26.6. The minimum absolute atomic E-state index is 0.00591. The number of hydrogen-bond donors (Lipinski definition) is 0. The van der Waals surface area contributed by atoms with E-state index in [1.54, 1.807) is 6.07 Å². The smallest absolute Gasteiger partial charge is 0.254 e. The number of carbonyl (C=O) groups is 1. The first-order valence-electron chi connectivity index (χ1n) is 16.6. The van der Waals surface area contributed by atoms with E-state index in [0.29, 0.717) is 11.6 Å². The van der Waals surface area contributed by atoms with Crippen molar-refractivity contribution in [2.24, 2.45) is 5.92 Å². The largest absolute Gasteiger partial charge is 0.367 e. The fourth-order valence-corrected chi connectivity index (χ4v) is 7.93. The highest BCUT2D eigenvalue weighted by molar-refractivity contribution is 5.99. The average molecular weight is 614 g/mol. The van der Waals surface area contributed by atoms with Gasteiger partial charge in [0.25, 0.3) is 5.91 Å². The lowest BCUT2D eigenvalue weighted by Gasteiger charge is -2.36. The summed E-state index contributed by atoms with van der Waals surface area (Å²) in [6.07, 6.45) is 7.01. The summed E-state index contributed by atoms with van der Waals surface area (Å²) in [5.41, 5.74) is 8.78. The lowest BCUT2D eigenvalue weighted by Crippen LogP contribution is -2.46. The number of piperazine rings is 1. The molecule has 2 bridgehead atoms. The van der Waals surface area contributed by atoms with Crippen molar-refractivity contribution in [3.05, 3.63) is 119 Å². The Bertz CT molecular complexity index is 1910. The molecule has 0 spiro atoms. The molecule has 0 radical (unpaired) electrons. The van der Waals surface area contributed by atoms with Gasteiger partial charge in [0.2, 0.25) is 0 Å². The minimum atomic E-state index is -0.192. The standard InChI is InChI=1S/C39H40FN5O/c1-4-29(26-11-12-26)37-30(5-2)39(46)42(3)36-23-35(37)45-34-22-28(13-15-32(34)41-38(36)45)27-14-16-33(31(40)21-27)44-19-17-43(18-20-44)24-25-9-7-6-8-10-25/h4-10,13-16,21-22,26,35-36H,1,11-12,17-20,23-24H2,2-3H3/b30-5+,37-29-. The van der Waals surface area contributed by atoms with Gasteiger partial charge in [0.05, 0.1) is 28.8 Å². The second kappa shape index (κ2) is 11.4. The maximum atomic E-state index is 15.7. The molecule has 7 heteroatoms. The monoisotopic (exact) mass is 613 g/mol. The fraction of sp³-hybridized carbons (Fsp3) is 0.333. The Balaban J connectivity index is 1.11. The second-order valence-electron chi connectivity index (χ2n) is 13.2. The van der Waals surface area contributed by atoms with Crippen molar-refractivity contribution in [3.8, 4) is 11.1 Å². The Hall–Kier alpha value is -4.49. The molecule has 4 aromatic rings. The van der Waals surface area contributed by atoms with Gasteiger partial charge >= 0.3 is 0 Å². The number of fused-ring (bicyclic) bond motifs is 7. The zero-order chi connectivity index (χ0) is 31.5. The molecule has 2 saturated heterocycles. The first kappa shape index (κ1) is 28.9. The molecule has 3 aliphatic heterocycles. The molecule has 1 aliphatic carbocycles. The van der Waals surface area contributed by atoms with Gasteiger partial charge in [0, 0.05) is 51.8 Å². The van der Waals surface area contributed by atoms with Crippen LogP contribution in [0, 0.1) is 11.7 Å². The second-order valence-corrected chi connectivity index (χ2v) is 13.2. The fourth-order valence-electron chi connectivity index (χ4n) is 7.93. The van der Waals surface area contributed by atoms with Gasteiger partial charge in [0.1, 0.15) is 11.6 Å². The van der Waals surface area contributed by atoms with Crippen molar-refractivity contribution in [1.29, 1.82) is 0 Å². The third kappa shape index (κ3) is 4.80. The van der Waals surface area contributed by atoms with E-state index in [-0.39, 0.29) is 23.8 Å². The number of allylic oxidation sites excluding steroid dienone is 3. The summed E-state index contributed by atoms with van der Waals surface area (Å²) in [6.45, 7) is 10.5. The summed E-state index contributed by atoms with van der Waals surface area (Å²) in [5, 5.41) is 0. The number of nitrogens with zero attached hydrogens (tertiary/aromatic N) is 5. The molecule has 0 N–H and O–H groups in total. The Morgan fingerprint density at radius 3 is 2.41 bits per heavy atom. The molecule has 4 heterocycles.